The molecular weight excluding hydrogens is 222 g/mol. The lowest BCUT2D eigenvalue weighted by molar-refractivity contribution is -0.885. The summed E-state index contributed by atoms with van der Waals surface area (Å²) in [6.07, 6.45) is 7.19. The normalized spacial score (nSPS) is 21.8. The van der Waals surface area contributed by atoms with Crippen molar-refractivity contribution in [3.63, 3.8) is 0 Å². The Morgan fingerprint density at radius 3 is 1.76 bits per heavy atom. The number of quaternary nitrogens is 1. The standard InChI is InChI=1S/C7H15N.C3H2O2.C2H4O2/c1-7-3-5-8(2)6-4-7;1-2-3(4)5;1-2(3)4/h7H,3-6H2,1-2H3;1H,(H,4,5);1H3,(H,3,4)/p+1. The molecule has 0 aliphatic carbocycles. The molecule has 1 saturated heterocycles. The van der Waals surface area contributed by atoms with Crippen molar-refractivity contribution in [2.75, 3.05) is 20.1 Å². The smallest absolute Gasteiger partial charge is 0.381 e. The Kier molecular flexibility index (Phi) is 11.5. The van der Waals surface area contributed by atoms with Gasteiger partial charge in [0.2, 0.25) is 0 Å². The molecule has 5 nitrogen and oxygen atoms in total. The number of hydrogen-bond acceptors (Lipinski definition) is 2. The van der Waals surface area contributed by atoms with Crippen molar-refractivity contribution < 1.29 is 24.7 Å². The zero-order valence-electron chi connectivity index (χ0n) is 10.7. The van der Waals surface area contributed by atoms with Crippen LogP contribution in [0.4, 0.5) is 0 Å². The number of rotatable bonds is 0. The Bertz CT molecular complexity index is 248. The molecule has 5 heteroatoms. The minimum Gasteiger partial charge on any atom is -0.481 e. The fourth-order valence-electron chi connectivity index (χ4n) is 1.25. The Labute approximate surface area is 102 Å². The second-order valence-corrected chi connectivity index (χ2v) is 4.11. The molecule has 0 aromatic heterocycles. The highest BCUT2D eigenvalue weighted by Gasteiger charge is 2.13. The van der Waals surface area contributed by atoms with Crippen molar-refractivity contribution in [2.24, 2.45) is 5.92 Å². The molecule has 3 N–H and O–H groups in total. The average molecular weight is 244 g/mol. The van der Waals surface area contributed by atoms with Crippen LogP contribution in [0.3, 0.4) is 0 Å². The van der Waals surface area contributed by atoms with Crippen LogP contribution in [-0.2, 0) is 9.59 Å². The lowest BCUT2D eigenvalue weighted by atomic mass is 10.00. The number of hydrogen-bond donors (Lipinski definition) is 3. The van der Waals surface area contributed by atoms with Crippen molar-refractivity contribution >= 4 is 11.9 Å². The average Bonchev–Trinajstić information content (AvgIpc) is 2.22. The van der Waals surface area contributed by atoms with Gasteiger partial charge in [0, 0.05) is 12.8 Å². The molecule has 0 bridgehead atoms. The van der Waals surface area contributed by atoms with Crippen LogP contribution in [-0.4, -0.2) is 42.3 Å². The summed E-state index contributed by atoms with van der Waals surface area (Å²) in [6.45, 7) is 6.22. The third-order valence-electron chi connectivity index (χ3n) is 2.25. The lowest BCUT2D eigenvalue weighted by Crippen LogP contribution is -3.10. The van der Waals surface area contributed by atoms with Crippen LogP contribution in [0.15, 0.2) is 0 Å². The lowest BCUT2D eigenvalue weighted by Gasteiger charge is -2.23. The van der Waals surface area contributed by atoms with Gasteiger partial charge in [0.25, 0.3) is 5.97 Å². The summed E-state index contributed by atoms with van der Waals surface area (Å²) in [7, 11) is 2.28. The van der Waals surface area contributed by atoms with E-state index in [2.05, 4.69) is 20.4 Å². The Balaban J connectivity index is 0. The van der Waals surface area contributed by atoms with Gasteiger partial charge in [-0.3, -0.25) is 4.79 Å². The highest BCUT2D eigenvalue weighted by molar-refractivity contribution is 5.85. The third-order valence-corrected chi connectivity index (χ3v) is 2.25. The van der Waals surface area contributed by atoms with Gasteiger partial charge in [0.05, 0.1) is 20.1 Å². The number of terminal acetylenes is 1. The predicted molar refractivity (Wildman–Crippen MR) is 64.8 cm³/mol. The molecule has 0 aromatic rings. The van der Waals surface area contributed by atoms with Gasteiger partial charge < -0.3 is 15.1 Å². The van der Waals surface area contributed by atoms with Crippen LogP contribution in [0.5, 0.6) is 0 Å². The van der Waals surface area contributed by atoms with E-state index in [0.717, 1.165) is 12.8 Å². The Morgan fingerprint density at radius 1 is 1.29 bits per heavy atom. The van der Waals surface area contributed by atoms with E-state index < -0.39 is 11.9 Å². The summed E-state index contributed by atoms with van der Waals surface area (Å²) in [5, 5.41) is 14.9. The second kappa shape index (κ2) is 11.0. The molecule has 0 aromatic carbocycles. The molecule has 17 heavy (non-hydrogen) atoms. The zero-order chi connectivity index (χ0) is 13.8. The van der Waals surface area contributed by atoms with Crippen LogP contribution in [0.1, 0.15) is 26.7 Å². The van der Waals surface area contributed by atoms with Crippen LogP contribution >= 0.6 is 0 Å². The molecule has 0 spiro atoms. The maximum absolute atomic E-state index is 9.13. The van der Waals surface area contributed by atoms with Gasteiger partial charge >= 0.3 is 5.97 Å². The van der Waals surface area contributed by atoms with Gasteiger partial charge in [-0.1, -0.05) is 6.92 Å². The SMILES string of the molecule is C#CC(=O)O.CC(=O)O.CC1CC[NH+](C)CC1. The Morgan fingerprint density at radius 2 is 1.59 bits per heavy atom. The first-order valence-electron chi connectivity index (χ1n) is 5.50. The van der Waals surface area contributed by atoms with Crippen molar-refractivity contribution in [3.05, 3.63) is 0 Å². The number of carboxylic acids is 2. The van der Waals surface area contributed by atoms with Crippen LogP contribution < -0.4 is 4.90 Å². The van der Waals surface area contributed by atoms with E-state index in [-0.39, 0.29) is 0 Å². The van der Waals surface area contributed by atoms with E-state index in [1.54, 1.807) is 4.90 Å². The summed E-state index contributed by atoms with van der Waals surface area (Å²) < 4.78 is 0. The first kappa shape index (κ1) is 17.8. The van der Waals surface area contributed by atoms with E-state index in [4.69, 9.17) is 19.8 Å². The summed E-state index contributed by atoms with van der Waals surface area (Å²) in [4.78, 5) is 19.8. The quantitative estimate of drug-likeness (QED) is 0.512. The molecule has 98 valence electrons. The molecule has 1 fully saturated rings. The topological polar surface area (TPSA) is 79.0 Å². The van der Waals surface area contributed by atoms with Crippen molar-refractivity contribution in [3.8, 4) is 12.3 Å². The maximum Gasteiger partial charge on any atom is 0.381 e. The molecule has 1 aliphatic heterocycles. The molecule has 0 atom stereocenters. The third kappa shape index (κ3) is 20.5. The van der Waals surface area contributed by atoms with Crippen LogP contribution in [0.25, 0.3) is 0 Å². The predicted octanol–water partition coefficient (Wildman–Crippen LogP) is -0.274. The molecule has 0 saturated carbocycles. The molecule has 1 heterocycles. The fourth-order valence-corrected chi connectivity index (χ4v) is 1.25. The van der Waals surface area contributed by atoms with E-state index in [1.807, 2.05) is 0 Å². The number of nitrogens with one attached hydrogen (secondary N) is 1. The minimum absolute atomic E-state index is 0.833. The van der Waals surface area contributed by atoms with Crippen molar-refractivity contribution in [2.45, 2.75) is 26.7 Å². The van der Waals surface area contributed by atoms with Crippen molar-refractivity contribution in [1.82, 2.24) is 0 Å². The van der Waals surface area contributed by atoms with Gasteiger partial charge in [-0.25, -0.2) is 4.79 Å². The van der Waals surface area contributed by atoms with E-state index >= 15 is 0 Å². The maximum atomic E-state index is 9.13. The monoisotopic (exact) mass is 244 g/mol. The van der Waals surface area contributed by atoms with Crippen molar-refractivity contribution in [1.29, 1.82) is 0 Å². The molecule has 1 rings (SSSR count). The van der Waals surface area contributed by atoms with E-state index in [0.29, 0.717) is 0 Å². The summed E-state index contributed by atoms with van der Waals surface area (Å²) in [5.74, 6) is 0.392. The van der Waals surface area contributed by atoms with Gasteiger partial charge in [-0.2, -0.15) is 0 Å². The zero-order valence-corrected chi connectivity index (χ0v) is 10.7. The molecular formula is C12H22NO4+. The minimum atomic E-state index is -1.22. The van der Waals surface area contributed by atoms with Gasteiger partial charge in [-0.05, 0) is 18.8 Å². The van der Waals surface area contributed by atoms with Gasteiger partial charge in [0.15, 0.2) is 0 Å². The fraction of sp³-hybridized carbons (Fsp3) is 0.667. The van der Waals surface area contributed by atoms with Gasteiger partial charge in [-0.15, -0.1) is 6.42 Å². The summed E-state index contributed by atoms with van der Waals surface area (Å²) in [5.41, 5.74) is 0. The largest absolute Gasteiger partial charge is 0.481 e. The van der Waals surface area contributed by atoms with Crippen LogP contribution in [0, 0.1) is 18.3 Å². The summed E-state index contributed by atoms with van der Waals surface area (Å²) >= 11 is 0. The second-order valence-electron chi connectivity index (χ2n) is 4.11. The summed E-state index contributed by atoms with van der Waals surface area (Å²) in [6, 6.07) is 0. The highest BCUT2D eigenvalue weighted by atomic mass is 16.4. The first-order valence-corrected chi connectivity index (χ1v) is 5.50. The highest BCUT2D eigenvalue weighted by Crippen LogP contribution is 2.05. The van der Waals surface area contributed by atoms with Crippen LogP contribution in [0.2, 0.25) is 0 Å². The van der Waals surface area contributed by atoms with E-state index in [9.17, 15) is 0 Å². The molecule has 0 radical (unpaired) electrons. The van der Waals surface area contributed by atoms with E-state index in [1.165, 1.54) is 31.9 Å². The molecule has 0 unspecified atom stereocenters. The number of piperidine rings is 1. The number of carboxylic acid groups (broad SMARTS) is 2. The van der Waals surface area contributed by atoms with Gasteiger partial charge in [0.1, 0.15) is 0 Å². The molecule has 1 aliphatic rings. The first-order chi connectivity index (χ1) is 7.79. The number of aliphatic carboxylic acids is 2. The number of carbonyl (C=O) groups is 2. The Hall–Kier alpha value is -1.54. The number of likely N-dealkylation sites (tertiary alicyclic amines) is 1. The molecule has 0 amide bonds.